The molecule has 1 aliphatic heterocycles. The molecule has 0 aromatic heterocycles. The number of nitrogens with zero attached hydrogens (tertiary/aromatic N) is 1. The summed E-state index contributed by atoms with van der Waals surface area (Å²) in [5.74, 6) is 0. The molecule has 1 aliphatic rings. The Bertz CT molecular complexity index is 205. The molecule has 0 amide bonds. The second kappa shape index (κ2) is 6.19. The van der Waals surface area contributed by atoms with Gasteiger partial charge in [0.05, 0.1) is 0 Å². The molecule has 0 aromatic carbocycles. The average molecular weight is 240 g/mol. The average Bonchev–Trinajstić information content (AvgIpc) is 2.18. The zero-order valence-corrected chi connectivity index (χ0v) is 12.6. The Kier molecular flexibility index (Phi) is 5.46. The number of rotatable bonds is 5. The zero-order valence-electron chi connectivity index (χ0n) is 12.6. The van der Waals surface area contributed by atoms with Crippen molar-refractivity contribution in [1.82, 2.24) is 10.2 Å². The van der Waals surface area contributed by atoms with Crippen molar-refractivity contribution in [2.45, 2.75) is 53.9 Å². The summed E-state index contributed by atoms with van der Waals surface area (Å²) in [6, 6.07) is 0. The molecule has 0 aliphatic carbocycles. The van der Waals surface area contributed by atoms with E-state index in [9.17, 15) is 0 Å². The van der Waals surface area contributed by atoms with E-state index < -0.39 is 0 Å². The molecule has 1 saturated heterocycles. The molecule has 0 radical (unpaired) electrons. The van der Waals surface area contributed by atoms with E-state index in [1.54, 1.807) is 0 Å². The summed E-state index contributed by atoms with van der Waals surface area (Å²) in [4.78, 5) is 2.61. The minimum atomic E-state index is 0.460. The summed E-state index contributed by atoms with van der Waals surface area (Å²) in [6.07, 6.45) is 3.98. The van der Waals surface area contributed by atoms with Gasteiger partial charge in [0.25, 0.3) is 0 Å². The molecule has 1 N–H and O–H groups in total. The molecule has 17 heavy (non-hydrogen) atoms. The van der Waals surface area contributed by atoms with Crippen molar-refractivity contribution in [1.29, 1.82) is 0 Å². The predicted molar refractivity (Wildman–Crippen MR) is 76.4 cm³/mol. The monoisotopic (exact) mass is 240 g/mol. The van der Waals surface area contributed by atoms with Crippen molar-refractivity contribution in [3.63, 3.8) is 0 Å². The minimum Gasteiger partial charge on any atom is -0.315 e. The maximum Gasteiger partial charge on any atom is 0.0107 e. The fourth-order valence-corrected chi connectivity index (χ4v) is 2.21. The van der Waals surface area contributed by atoms with Gasteiger partial charge in [-0.05, 0) is 49.7 Å². The molecule has 0 unspecified atom stereocenters. The Hall–Kier alpha value is -0.0800. The molecule has 2 heteroatoms. The Labute approximate surface area is 108 Å². The van der Waals surface area contributed by atoms with Gasteiger partial charge in [-0.15, -0.1) is 0 Å². The van der Waals surface area contributed by atoms with Crippen LogP contribution >= 0.6 is 0 Å². The third-order valence-corrected chi connectivity index (χ3v) is 3.87. The van der Waals surface area contributed by atoms with Gasteiger partial charge in [0.2, 0.25) is 0 Å². The summed E-state index contributed by atoms with van der Waals surface area (Å²) in [5.41, 5.74) is 1.04. The lowest BCUT2D eigenvalue weighted by Crippen LogP contribution is -2.41. The second-order valence-electron chi connectivity index (χ2n) is 7.57. The summed E-state index contributed by atoms with van der Waals surface area (Å²) >= 11 is 0. The zero-order chi connectivity index (χ0) is 12.9. The highest BCUT2D eigenvalue weighted by atomic mass is 15.1. The largest absolute Gasteiger partial charge is 0.315 e. The van der Waals surface area contributed by atoms with E-state index in [1.165, 1.54) is 38.9 Å². The summed E-state index contributed by atoms with van der Waals surface area (Å²) in [6.45, 7) is 17.8. The molecular weight excluding hydrogens is 208 g/mol. The van der Waals surface area contributed by atoms with Gasteiger partial charge in [0, 0.05) is 13.1 Å². The second-order valence-corrected chi connectivity index (χ2v) is 7.57. The smallest absolute Gasteiger partial charge is 0.0107 e. The molecule has 0 atom stereocenters. The van der Waals surface area contributed by atoms with Crippen molar-refractivity contribution < 1.29 is 0 Å². The fraction of sp³-hybridized carbons (Fsp3) is 1.00. The van der Waals surface area contributed by atoms with Crippen molar-refractivity contribution in [3.05, 3.63) is 0 Å². The van der Waals surface area contributed by atoms with Gasteiger partial charge in [0.15, 0.2) is 0 Å². The number of nitrogens with one attached hydrogen (secondary N) is 1. The Morgan fingerprint density at radius 1 is 1.06 bits per heavy atom. The van der Waals surface area contributed by atoms with Crippen LogP contribution in [0.25, 0.3) is 0 Å². The van der Waals surface area contributed by atoms with Crippen molar-refractivity contribution in [2.24, 2.45) is 10.8 Å². The lowest BCUT2D eigenvalue weighted by atomic mass is 9.83. The summed E-state index contributed by atoms with van der Waals surface area (Å²) in [7, 11) is 0. The van der Waals surface area contributed by atoms with Gasteiger partial charge < -0.3 is 10.2 Å². The first kappa shape index (κ1) is 15.0. The van der Waals surface area contributed by atoms with Crippen LogP contribution in [0.1, 0.15) is 53.9 Å². The molecule has 1 rings (SSSR count). The van der Waals surface area contributed by atoms with Crippen LogP contribution in [-0.4, -0.2) is 37.6 Å². The van der Waals surface area contributed by atoms with Gasteiger partial charge in [-0.25, -0.2) is 0 Å². The fourth-order valence-electron chi connectivity index (χ4n) is 2.21. The van der Waals surface area contributed by atoms with Gasteiger partial charge in [0.1, 0.15) is 0 Å². The van der Waals surface area contributed by atoms with Crippen LogP contribution in [0.5, 0.6) is 0 Å². The van der Waals surface area contributed by atoms with Crippen LogP contribution in [0.4, 0.5) is 0 Å². The van der Waals surface area contributed by atoms with Crippen LogP contribution in [0, 0.1) is 10.8 Å². The topological polar surface area (TPSA) is 15.3 Å². The number of hydrogen-bond acceptors (Lipinski definition) is 2. The Morgan fingerprint density at radius 3 is 2.18 bits per heavy atom. The number of piperidine rings is 1. The van der Waals surface area contributed by atoms with Gasteiger partial charge in [-0.3, -0.25) is 0 Å². The molecular formula is C15H32N2. The Morgan fingerprint density at radius 2 is 1.65 bits per heavy atom. The first-order valence-electron chi connectivity index (χ1n) is 7.22. The Balaban J connectivity index is 2.01. The maximum atomic E-state index is 3.57. The molecule has 1 heterocycles. The quantitative estimate of drug-likeness (QED) is 0.743. The van der Waals surface area contributed by atoms with Gasteiger partial charge in [-0.1, -0.05) is 34.6 Å². The van der Waals surface area contributed by atoms with Gasteiger partial charge in [-0.2, -0.15) is 0 Å². The normalized spacial score (nSPS) is 21.7. The van der Waals surface area contributed by atoms with Crippen LogP contribution < -0.4 is 5.32 Å². The first-order chi connectivity index (χ1) is 7.79. The SMILES string of the molecule is CC(C)(C)CCNCCN1CCC(C)(C)CC1. The minimum absolute atomic E-state index is 0.460. The van der Waals surface area contributed by atoms with Gasteiger partial charge >= 0.3 is 0 Å². The van der Waals surface area contributed by atoms with E-state index in [0.717, 1.165) is 13.1 Å². The van der Waals surface area contributed by atoms with Crippen LogP contribution in [0.2, 0.25) is 0 Å². The molecule has 0 aromatic rings. The molecule has 0 spiro atoms. The van der Waals surface area contributed by atoms with Crippen LogP contribution in [0.15, 0.2) is 0 Å². The lowest BCUT2D eigenvalue weighted by molar-refractivity contribution is 0.133. The van der Waals surface area contributed by atoms with E-state index in [-0.39, 0.29) is 0 Å². The van der Waals surface area contributed by atoms with E-state index >= 15 is 0 Å². The molecule has 0 bridgehead atoms. The van der Waals surface area contributed by atoms with Crippen molar-refractivity contribution in [3.8, 4) is 0 Å². The van der Waals surface area contributed by atoms with E-state index in [1.807, 2.05) is 0 Å². The highest BCUT2D eigenvalue weighted by Gasteiger charge is 2.24. The third-order valence-electron chi connectivity index (χ3n) is 3.87. The summed E-state index contributed by atoms with van der Waals surface area (Å²) < 4.78 is 0. The highest BCUT2D eigenvalue weighted by molar-refractivity contribution is 4.78. The van der Waals surface area contributed by atoms with E-state index in [0.29, 0.717) is 10.8 Å². The maximum absolute atomic E-state index is 3.57. The van der Waals surface area contributed by atoms with Crippen molar-refractivity contribution >= 4 is 0 Å². The molecule has 1 fully saturated rings. The molecule has 102 valence electrons. The third kappa shape index (κ3) is 7.05. The van der Waals surface area contributed by atoms with Crippen LogP contribution in [0.3, 0.4) is 0 Å². The first-order valence-corrected chi connectivity index (χ1v) is 7.22. The standard InChI is InChI=1S/C15H32N2/c1-14(2,3)6-9-16-10-13-17-11-7-15(4,5)8-12-17/h16H,6-13H2,1-5H3. The van der Waals surface area contributed by atoms with E-state index in [4.69, 9.17) is 0 Å². The molecule has 2 nitrogen and oxygen atoms in total. The van der Waals surface area contributed by atoms with E-state index in [2.05, 4.69) is 44.8 Å². The summed E-state index contributed by atoms with van der Waals surface area (Å²) in [5, 5.41) is 3.57. The van der Waals surface area contributed by atoms with Crippen LogP contribution in [-0.2, 0) is 0 Å². The highest BCUT2D eigenvalue weighted by Crippen LogP contribution is 2.29. The molecule has 0 saturated carbocycles. The number of hydrogen-bond donors (Lipinski definition) is 1. The predicted octanol–water partition coefficient (Wildman–Crippen LogP) is 3.13. The van der Waals surface area contributed by atoms with Crippen molar-refractivity contribution in [2.75, 3.05) is 32.7 Å². The number of likely N-dealkylation sites (tertiary alicyclic amines) is 1. The lowest BCUT2D eigenvalue weighted by Gasteiger charge is -2.36.